The molecule has 0 aromatic heterocycles. The topological polar surface area (TPSA) is 43.8 Å². The van der Waals surface area contributed by atoms with Gasteiger partial charge < -0.3 is 14.9 Å². The fourth-order valence-electron chi connectivity index (χ4n) is 2.58. The lowest BCUT2D eigenvalue weighted by Gasteiger charge is -2.35. The van der Waals surface area contributed by atoms with Crippen LogP contribution in [0, 0.1) is 5.82 Å². The van der Waals surface area contributed by atoms with Gasteiger partial charge in [0.05, 0.1) is 11.4 Å². The van der Waals surface area contributed by atoms with Crippen molar-refractivity contribution in [3.8, 4) is 5.75 Å². The number of halogens is 1. The van der Waals surface area contributed by atoms with Crippen LogP contribution in [0.3, 0.4) is 0 Å². The van der Waals surface area contributed by atoms with E-state index in [0.717, 1.165) is 11.4 Å². The van der Waals surface area contributed by atoms with Gasteiger partial charge in [0.1, 0.15) is 17.1 Å². The predicted octanol–water partition coefficient (Wildman–Crippen LogP) is 2.63. The SMILES string of the molecule is CN1CCN(C(=O)c2c(O)cccc2F)c2ccccc21. The number of fused-ring (bicyclic) bond motifs is 1. The molecule has 3 rings (SSSR count). The average molecular weight is 286 g/mol. The summed E-state index contributed by atoms with van der Waals surface area (Å²) in [6.07, 6.45) is 0. The van der Waals surface area contributed by atoms with Crippen LogP contribution in [0.25, 0.3) is 0 Å². The van der Waals surface area contributed by atoms with E-state index in [9.17, 15) is 14.3 Å². The van der Waals surface area contributed by atoms with Crippen molar-refractivity contribution in [2.24, 2.45) is 0 Å². The molecule has 0 fully saturated rings. The molecule has 0 unspecified atom stereocenters. The van der Waals surface area contributed by atoms with Gasteiger partial charge in [-0.25, -0.2) is 4.39 Å². The third-order valence-electron chi connectivity index (χ3n) is 3.69. The first kappa shape index (κ1) is 13.4. The normalized spacial score (nSPS) is 14.0. The first-order valence-electron chi connectivity index (χ1n) is 6.69. The number of phenolic OH excluding ortho intramolecular Hbond substituents is 1. The van der Waals surface area contributed by atoms with Crippen molar-refractivity contribution < 1.29 is 14.3 Å². The van der Waals surface area contributed by atoms with Crippen LogP contribution in [0.15, 0.2) is 42.5 Å². The van der Waals surface area contributed by atoms with Gasteiger partial charge >= 0.3 is 0 Å². The van der Waals surface area contributed by atoms with Crippen molar-refractivity contribution in [1.82, 2.24) is 0 Å². The molecule has 0 spiro atoms. The summed E-state index contributed by atoms with van der Waals surface area (Å²) in [4.78, 5) is 16.2. The lowest BCUT2D eigenvalue weighted by Crippen LogP contribution is -2.43. The van der Waals surface area contributed by atoms with Crippen LogP contribution in [0.2, 0.25) is 0 Å². The number of benzene rings is 2. The maximum absolute atomic E-state index is 13.9. The Morgan fingerprint density at radius 2 is 1.81 bits per heavy atom. The average Bonchev–Trinajstić information content (AvgIpc) is 2.47. The molecule has 1 aliphatic heterocycles. The van der Waals surface area contributed by atoms with Crippen molar-refractivity contribution >= 4 is 17.3 Å². The molecule has 1 heterocycles. The monoisotopic (exact) mass is 286 g/mol. The van der Waals surface area contributed by atoms with Crippen LogP contribution >= 0.6 is 0 Å². The number of aromatic hydroxyl groups is 1. The van der Waals surface area contributed by atoms with Crippen LogP contribution in [-0.4, -0.2) is 31.2 Å². The van der Waals surface area contributed by atoms with Crippen molar-refractivity contribution in [3.05, 3.63) is 53.8 Å². The quantitative estimate of drug-likeness (QED) is 0.876. The zero-order valence-electron chi connectivity index (χ0n) is 11.6. The number of likely N-dealkylation sites (N-methyl/N-ethyl adjacent to an activating group) is 1. The molecule has 2 aromatic carbocycles. The van der Waals surface area contributed by atoms with E-state index in [-0.39, 0.29) is 11.3 Å². The summed E-state index contributed by atoms with van der Waals surface area (Å²) in [7, 11) is 1.95. The van der Waals surface area contributed by atoms with Crippen molar-refractivity contribution in [2.75, 3.05) is 29.9 Å². The fraction of sp³-hybridized carbons (Fsp3) is 0.188. The number of amides is 1. The zero-order chi connectivity index (χ0) is 15.0. The van der Waals surface area contributed by atoms with Gasteiger partial charge in [0.25, 0.3) is 5.91 Å². The zero-order valence-corrected chi connectivity index (χ0v) is 11.6. The Balaban J connectivity index is 2.06. The Labute approximate surface area is 122 Å². The number of rotatable bonds is 1. The Morgan fingerprint density at radius 3 is 2.52 bits per heavy atom. The Kier molecular flexibility index (Phi) is 3.25. The summed E-state index contributed by atoms with van der Waals surface area (Å²) in [5.41, 5.74) is 1.35. The highest BCUT2D eigenvalue weighted by Crippen LogP contribution is 2.34. The number of hydrogen-bond donors (Lipinski definition) is 1. The molecule has 108 valence electrons. The molecule has 0 atom stereocenters. The second-order valence-corrected chi connectivity index (χ2v) is 5.00. The van der Waals surface area contributed by atoms with Gasteiger partial charge in [-0.2, -0.15) is 0 Å². The molecule has 1 N–H and O–H groups in total. The number of carbonyl (C=O) groups excluding carboxylic acids is 1. The van der Waals surface area contributed by atoms with Crippen LogP contribution in [-0.2, 0) is 0 Å². The van der Waals surface area contributed by atoms with Gasteiger partial charge in [-0.05, 0) is 24.3 Å². The standard InChI is InChI=1S/C16H15FN2O2/c1-18-9-10-19(13-7-3-2-6-12(13)18)16(21)15-11(17)5-4-8-14(15)20/h2-8,20H,9-10H2,1H3. The Bertz CT molecular complexity index is 682. The van der Waals surface area contributed by atoms with Crippen LogP contribution in [0.1, 0.15) is 10.4 Å². The maximum Gasteiger partial charge on any atom is 0.265 e. The highest BCUT2D eigenvalue weighted by molar-refractivity contribution is 6.10. The minimum Gasteiger partial charge on any atom is -0.507 e. The van der Waals surface area contributed by atoms with E-state index in [4.69, 9.17) is 0 Å². The number of anilines is 2. The second kappa shape index (κ2) is 5.09. The lowest BCUT2D eigenvalue weighted by molar-refractivity contribution is 0.0980. The molecule has 1 aliphatic rings. The van der Waals surface area contributed by atoms with E-state index in [0.29, 0.717) is 13.1 Å². The Hall–Kier alpha value is -2.56. The molecule has 1 amide bonds. The van der Waals surface area contributed by atoms with Gasteiger partial charge in [0.15, 0.2) is 0 Å². The lowest BCUT2D eigenvalue weighted by atomic mass is 10.1. The van der Waals surface area contributed by atoms with E-state index in [1.165, 1.54) is 23.1 Å². The maximum atomic E-state index is 13.9. The molecule has 21 heavy (non-hydrogen) atoms. The number of para-hydroxylation sites is 2. The largest absolute Gasteiger partial charge is 0.507 e. The molecule has 2 aromatic rings. The van der Waals surface area contributed by atoms with Gasteiger partial charge in [-0.15, -0.1) is 0 Å². The number of hydrogen-bond acceptors (Lipinski definition) is 3. The number of carbonyl (C=O) groups is 1. The van der Waals surface area contributed by atoms with E-state index < -0.39 is 11.7 Å². The van der Waals surface area contributed by atoms with Crippen LogP contribution in [0.5, 0.6) is 5.75 Å². The highest BCUT2D eigenvalue weighted by atomic mass is 19.1. The number of phenols is 1. The molecule has 0 saturated heterocycles. The molecule has 0 saturated carbocycles. The summed E-state index contributed by atoms with van der Waals surface area (Å²) in [6, 6.07) is 11.3. The summed E-state index contributed by atoms with van der Waals surface area (Å²) in [6.45, 7) is 1.10. The molecular weight excluding hydrogens is 271 g/mol. The molecule has 0 bridgehead atoms. The second-order valence-electron chi connectivity index (χ2n) is 5.00. The van der Waals surface area contributed by atoms with Gasteiger partial charge in [-0.1, -0.05) is 18.2 Å². The van der Waals surface area contributed by atoms with Gasteiger partial charge in [0.2, 0.25) is 0 Å². The molecule has 4 nitrogen and oxygen atoms in total. The molecule has 0 radical (unpaired) electrons. The van der Waals surface area contributed by atoms with Crippen molar-refractivity contribution in [3.63, 3.8) is 0 Å². The highest BCUT2D eigenvalue weighted by Gasteiger charge is 2.28. The smallest absolute Gasteiger partial charge is 0.265 e. The minimum atomic E-state index is -0.712. The van der Waals surface area contributed by atoms with Crippen LogP contribution < -0.4 is 9.80 Å². The minimum absolute atomic E-state index is 0.281. The van der Waals surface area contributed by atoms with E-state index in [1.54, 1.807) is 0 Å². The first-order valence-corrected chi connectivity index (χ1v) is 6.69. The van der Waals surface area contributed by atoms with Crippen molar-refractivity contribution in [1.29, 1.82) is 0 Å². The molecule has 5 heteroatoms. The predicted molar refractivity (Wildman–Crippen MR) is 79.5 cm³/mol. The van der Waals surface area contributed by atoms with Crippen molar-refractivity contribution in [2.45, 2.75) is 0 Å². The molecule has 0 aliphatic carbocycles. The van der Waals surface area contributed by atoms with Gasteiger partial charge in [-0.3, -0.25) is 4.79 Å². The fourth-order valence-corrected chi connectivity index (χ4v) is 2.58. The van der Waals surface area contributed by atoms with E-state index in [1.807, 2.05) is 36.2 Å². The van der Waals surface area contributed by atoms with E-state index in [2.05, 4.69) is 0 Å². The summed E-state index contributed by atoms with van der Waals surface area (Å²) >= 11 is 0. The van der Waals surface area contributed by atoms with Gasteiger partial charge in [0, 0.05) is 20.1 Å². The number of nitrogens with zero attached hydrogens (tertiary/aromatic N) is 2. The first-order chi connectivity index (χ1) is 10.1. The summed E-state index contributed by atoms with van der Waals surface area (Å²) < 4.78 is 13.9. The summed E-state index contributed by atoms with van der Waals surface area (Å²) in [5.74, 6) is -1.57. The third kappa shape index (κ3) is 2.20. The summed E-state index contributed by atoms with van der Waals surface area (Å²) in [5, 5.41) is 9.79. The Morgan fingerprint density at radius 1 is 1.10 bits per heavy atom. The van der Waals surface area contributed by atoms with Crippen LogP contribution in [0.4, 0.5) is 15.8 Å². The molecular formula is C16H15FN2O2. The third-order valence-corrected chi connectivity index (χ3v) is 3.69. The van der Waals surface area contributed by atoms with E-state index >= 15 is 0 Å².